The van der Waals surface area contributed by atoms with Crippen molar-refractivity contribution < 1.29 is 19.4 Å². The Morgan fingerprint density at radius 3 is 2.71 bits per heavy atom. The Labute approximate surface area is 167 Å². The molecule has 0 aromatic carbocycles. The van der Waals surface area contributed by atoms with Crippen molar-refractivity contribution in [2.45, 2.75) is 39.8 Å². The van der Waals surface area contributed by atoms with Crippen molar-refractivity contribution in [1.82, 2.24) is 14.9 Å². The van der Waals surface area contributed by atoms with Crippen molar-refractivity contribution in [1.29, 1.82) is 0 Å². The number of aliphatic hydroxyl groups is 1. The predicted octanol–water partition coefficient (Wildman–Crippen LogP) is 3.16. The van der Waals surface area contributed by atoms with E-state index < -0.39 is 17.7 Å². The van der Waals surface area contributed by atoms with Gasteiger partial charge in [0, 0.05) is 18.9 Å². The smallest absolute Gasteiger partial charge is 0.290 e. The minimum Gasteiger partial charge on any atom is -0.503 e. The summed E-state index contributed by atoms with van der Waals surface area (Å²) in [7, 11) is 0. The van der Waals surface area contributed by atoms with Crippen LogP contribution < -0.4 is 0 Å². The first-order chi connectivity index (χ1) is 13.3. The summed E-state index contributed by atoms with van der Waals surface area (Å²) in [5.41, 5.74) is 1.31. The molecule has 3 heterocycles. The Morgan fingerprint density at radius 1 is 1.39 bits per heavy atom. The van der Waals surface area contributed by atoms with E-state index in [0.29, 0.717) is 22.7 Å². The third-order valence-corrected chi connectivity index (χ3v) is 5.51. The number of rotatable bonds is 7. The van der Waals surface area contributed by atoms with Crippen LogP contribution in [0.5, 0.6) is 0 Å². The molecule has 1 atom stereocenters. The molecule has 0 aliphatic carbocycles. The second kappa shape index (κ2) is 8.20. The van der Waals surface area contributed by atoms with Crippen molar-refractivity contribution in [2.24, 2.45) is 0 Å². The molecule has 0 saturated heterocycles. The highest BCUT2D eigenvalue weighted by Crippen LogP contribution is 2.39. The minimum atomic E-state index is -0.716. The number of thiazole rings is 1. The fourth-order valence-electron chi connectivity index (χ4n) is 3.25. The van der Waals surface area contributed by atoms with Crippen LogP contribution in [-0.2, 0) is 9.53 Å². The molecule has 28 heavy (non-hydrogen) atoms. The van der Waals surface area contributed by atoms with Gasteiger partial charge in [-0.15, -0.1) is 11.3 Å². The number of hydrogen-bond donors (Lipinski definition) is 1. The molecule has 1 aliphatic rings. The Kier molecular flexibility index (Phi) is 5.90. The molecule has 1 unspecified atom stereocenters. The fraction of sp³-hybridized carbons (Fsp3) is 0.400. The number of amides is 1. The van der Waals surface area contributed by atoms with Crippen molar-refractivity contribution in [3.63, 3.8) is 0 Å². The quantitative estimate of drug-likeness (QED) is 0.717. The van der Waals surface area contributed by atoms with E-state index >= 15 is 0 Å². The Morgan fingerprint density at radius 2 is 2.14 bits per heavy atom. The van der Waals surface area contributed by atoms with E-state index in [-0.39, 0.29) is 24.0 Å². The van der Waals surface area contributed by atoms with Crippen LogP contribution in [-0.4, -0.2) is 50.9 Å². The number of aromatic nitrogens is 2. The summed E-state index contributed by atoms with van der Waals surface area (Å²) in [6.07, 6.45) is 3.24. The second-order valence-electron chi connectivity index (χ2n) is 6.85. The zero-order chi connectivity index (χ0) is 20.4. The van der Waals surface area contributed by atoms with Crippen LogP contribution in [0.15, 0.2) is 35.9 Å². The van der Waals surface area contributed by atoms with Crippen LogP contribution in [0.1, 0.15) is 45.8 Å². The molecule has 1 N–H and O–H groups in total. The molecule has 7 nitrogen and oxygen atoms in total. The summed E-state index contributed by atoms with van der Waals surface area (Å²) in [5, 5.41) is 11.3. The van der Waals surface area contributed by atoms with Crippen molar-refractivity contribution >= 4 is 23.0 Å². The van der Waals surface area contributed by atoms with Gasteiger partial charge < -0.3 is 14.7 Å². The molecule has 3 rings (SSSR count). The normalized spacial score (nSPS) is 17.1. The molecule has 8 heteroatoms. The SMILES string of the molecule is Cc1nc(C)c(C(=O)C2=C(O)C(=O)N(CCOC(C)C)C2c2cccnc2)s1. The van der Waals surface area contributed by atoms with Gasteiger partial charge in [-0.25, -0.2) is 4.98 Å². The molecule has 0 saturated carbocycles. The summed E-state index contributed by atoms with van der Waals surface area (Å²) in [5.74, 6) is -1.48. The van der Waals surface area contributed by atoms with Crippen LogP contribution in [0.25, 0.3) is 0 Å². The van der Waals surface area contributed by atoms with Crippen molar-refractivity contribution in [3.05, 3.63) is 57.0 Å². The van der Waals surface area contributed by atoms with Gasteiger partial charge in [0.15, 0.2) is 5.76 Å². The Bertz CT molecular complexity index is 921. The van der Waals surface area contributed by atoms with Gasteiger partial charge in [-0.05, 0) is 39.3 Å². The monoisotopic (exact) mass is 401 g/mol. The van der Waals surface area contributed by atoms with Gasteiger partial charge in [-0.3, -0.25) is 14.6 Å². The number of ether oxygens (including phenoxy) is 1. The molecule has 148 valence electrons. The Balaban J connectivity index is 2.01. The number of Topliss-reactive ketones (excluding diaryl/α,β-unsaturated/α-hetero) is 1. The highest BCUT2D eigenvalue weighted by Gasteiger charge is 2.44. The number of aryl methyl sites for hydroxylation is 2. The molecule has 0 spiro atoms. The molecule has 0 fully saturated rings. The Hall–Kier alpha value is -2.58. The predicted molar refractivity (Wildman–Crippen MR) is 105 cm³/mol. The standard InChI is InChI=1S/C20H23N3O4S/c1-11(2)27-9-8-23-16(14-6-5-7-21-10-14)15(18(25)20(23)26)17(24)19-12(3)22-13(4)28-19/h5-7,10-11,16,25H,8-9H2,1-4H3. The van der Waals surface area contributed by atoms with Gasteiger partial charge in [0.05, 0.1) is 39.9 Å². The molecular weight excluding hydrogens is 378 g/mol. The lowest BCUT2D eigenvalue weighted by molar-refractivity contribution is -0.130. The van der Waals surface area contributed by atoms with Gasteiger partial charge in [-0.1, -0.05) is 6.07 Å². The van der Waals surface area contributed by atoms with Gasteiger partial charge in [0.2, 0.25) is 5.78 Å². The van der Waals surface area contributed by atoms with E-state index in [1.54, 1.807) is 31.5 Å². The first kappa shape index (κ1) is 20.2. The highest BCUT2D eigenvalue weighted by atomic mass is 32.1. The van der Waals surface area contributed by atoms with E-state index in [1.165, 1.54) is 16.2 Å². The summed E-state index contributed by atoms with van der Waals surface area (Å²) in [6, 6.07) is 2.81. The number of ketones is 1. The summed E-state index contributed by atoms with van der Waals surface area (Å²) < 4.78 is 5.57. The van der Waals surface area contributed by atoms with Gasteiger partial charge >= 0.3 is 0 Å². The van der Waals surface area contributed by atoms with Crippen LogP contribution in [0.2, 0.25) is 0 Å². The maximum absolute atomic E-state index is 13.3. The molecule has 1 aliphatic heterocycles. The van der Waals surface area contributed by atoms with E-state index in [0.717, 1.165) is 5.01 Å². The van der Waals surface area contributed by atoms with Crippen molar-refractivity contribution in [3.8, 4) is 0 Å². The molecule has 2 aromatic heterocycles. The maximum Gasteiger partial charge on any atom is 0.290 e. The lowest BCUT2D eigenvalue weighted by Crippen LogP contribution is -2.34. The van der Waals surface area contributed by atoms with Gasteiger partial charge in [0.1, 0.15) is 0 Å². The largest absolute Gasteiger partial charge is 0.503 e. The number of hydrogen-bond acceptors (Lipinski definition) is 7. The number of carbonyl (C=O) groups is 2. The topological polar surface area (TPSA) is 92.6 Å². The van der Waals surface area contributed by atoms with E-state index in [4.69, 9.17) is 4.74 Å². The third kappa shape index (κ3) is 3.83. The molecular formula is C20H23N3O4S. The van der Waals surface area contributed by atoms with Crippen LogP contribution >= 0.6 is 11.3 Å². The average molecular weight is 401 g/mol. The molecule has 0 radical (unpaired) electrons. The maximum atomic E-state index is 13.3. The van der Waals surface area contributed by atoms with E-state index in [9.17, 15) is 14.7 Å². The fourth-order valence-corrected chi connectivity index (χ4v) is 4.13. The van der Waals surface area contributed by atoms with Crippen LogP contribution in [0, 0.1) is 13.8 Å². The average Bonchev–Trinajstić information content (AvgIpc) is 3.12. The molecule has 1 amide bonds. The summed E-state index contributed by atoms with van der Waals surface area (Å²) in [4.78, 5) is 36.4. The first-order valence-corrected chi connectivity index (χ1v) is 9.87. The first-order valence-electron chi connectivity index (χ1n) is 9.05. The lowest BCUT2D eigenvalue weighted by atomic mass is 9.96. The highest BCUT2D eigenvalue weighted by molar-refractivity contribution is 7.14. The molecule has 0 bridgehead atoms. The zero-order valence-electron chi connectivity index (χ0n) is 16.3. The van der Waals surface area contributed by atoms with E-state index in [2.05, 4.69) is 9.97 Å². The molecule has 2 aromatic rings. The van der Waals surface area contributed by atoms with E-state index in [1.807, 2.05) is 20.8 Å². The third-order valence-electron chi connectivity index (χ3n) is 4.44. The summed E-state index contributed by atoms with van der Waals surface area (Å²) in [6.45, 7) is 7.93. The number of aliphatic hydroxyl groups excluding tert-OH is 1. The lowest BCUT2D eigenvalue weighted by Gasteiger charge is -2.26. The summed E-state index contributed by atoms with van der Waals surface area (Å²) >= 11 is 1.26. The van der Waals surface area contributed by atoms with Crippen molar-refractivity contribution in [2.75, 3.05) is 13.2 Å². The zero-order valence-corrected chi connectivity index (χ0v) is 17.1. The number of pyridine rings is 1. The van der Waals surface area contributed by atoms with Crippen LogP contribution in [0.4, 0.5) is 0 Å². The van der Waals surface area contributed by atoms with Gasteiger partial charge in [-0.2, -0.15) is 0 Å². The number of carbonyl (C=O) groups excluding carboxylic acids is 2. The second-order valence-corrected chi connectivity index (χ2v) is 8.05. The van der Waals surface area contributed by atoms with Gasteiger partial charge in [0.25, 0.3) is 5.91 Å². The van der Waals surface area contributed by atoms with Crippen LogP contribution in [0.3, 0.4) is 0 Å². The number of nitrogens with zero attached hydrogens (tertiary/aromatic N) is 3. The minimum absolute atomic E-state index is 0.0139.